The van der Waals surface area contributed by atoms with Crippen LogP contribution in [0.3, 0.4) is 0 Å². The molecule has 0 atom stereocenters. The molecule has 18 heavy (non-hydrogen) atoms. The van der Waals surface area contributed by atoms with E-state index in [9.17, 15) is 4.79 Å². The van der Waals surface area contributed by atoms with E-state index in [0.29, 0.717) is 6.61 Å². The summed E-state index contributed by atoms with van der Waals surface area (Å²) >= 11 is 0. The van der Waals surface area contributed by atoms with E-state index in [1.54, 1.807) is 0 Å². The smallest absolute Gasteiger partial charge is 0.195 e. The van der Waals surface area contributed by atoms with E-state index in [1.807, 2.05) is 48.5 Å². The van der Waals surface area contributed by atoms with Gasteiger partial charge in [0.25, 0.3) is 0 Å². The molecule has 1 aliphatic rings. The fourth-order valence-electron chi connectivity index (χ4n) is 2.53. The molecule has 0 aromatic heterocycles. The predicted octanol–water partition coefficient (Wildman–Crippen LogP) is 3.15. The van der Waals surface area contributed by atoms with E-state index in [2.05, 4.69) is 0 Å². The number of para-hydroxylation sites is 1. The highest BCUT2D eigenvalue weighted by Crippen LogP contribution is 2.42. The molecule has 0 N–H and O–H groups in total. The van der Waals surface area contributed by atoms with Crippen LogP contribution in [0.25, 0.3) is 22.3 Å². The van der Waals surface area contributed by atoms with E-state index >= 15 is 0 Å². The summed E-state index contributed by atoms with van der Waals surface area (Å²) in [5, 5.41) is 0. The molecule has 1 aliphatic heterocycles. The van der Waals surface area contributed by atoms with Gasteiger partial charge in [0, 0.05) is 16.7 Å². The zero-order valence-electron chi connectivity index (χ0n) is 9.64. The third-order valence-corrected chi connectivity index (χ3v) is 3.47. The Balaban J connectivity index is 2.01. The standard InChI is InChI=1S/C16H10O2/c17-16-14-11-6-2-1-5-10(11)9-18-13-8-4-3-7-12(13)15(14)16/h1-8H,9H2. The second kappa shape index (κ2) is 3.33. The van der Waals surface area contributed by atoms with Crippen LogP contribution in [0.4, 0.5) is 0 Å². The van der Waals surface area contributed by atoms with Crippen molar-refractivity contribution in [2.24, 2.45) is 0 Å². The summed E-state index contributed by atoms with van der Waals surface area (Å²) in [7, 11) is 0. The Labute approximate surface area is 104 Å². The Bertz CT molecular complexity index is 698. The molecule has 3 aromatic carbocycles. The number of rotatable bonds is 0. The minimum absolute atomic E-state index is 0.153. The van der Waals surface area contributed by atoms with Crippen molar-refractivity contribution < 1.29 is 4.74 Å². The van der Waals surface area contributed by atoms with E-state index in [-0.39, 0.29) is 5.43 Å². The Morgan fingerprint density at radius 3 is 2.39 bits per heavy atom. The Morgan fingerprint density at radius 1 is 0.833 bits per heavy atom. The van der Waals surface area contributed by atoms with Crippen molar-refractivity contribution in [1.82, 2.24) is 0 Å². The minimum Gasteiger partial charge on any atom is -0.488 e. The van der Waals surface area contributed by atoms with Crippen LogP contribution in [0.2, 0.25) is 0 Å². The summed E-state index contributed by atoms with van der Waals surface area (Å²) in [4.78, 5) is 12.0. The number of hydrogen-bond donors (Lipinski definition) is 0. The Kier molecular flexibility index (Phi) is 1.78. The number of ether oxygens (including phenoxy) is 1. The van der Waals surface area contributed by atoms with Crippen LogP contribution in [0.15, 0.2) is 53.3 Å². The van der Waals surface area contributed by atoms with E-state index < -0.39 is 0 Å². The van der Waals surface area contributed by atoms with E-state index in [1.165, 1.54) is 0 Å². The first kappa shape index (κ1) is 9.66. The van der Waals surface area contributed by atoms with Crippen molar-refractivity contribution in [1.29, 1.82) is 0 Å². The maximum Gasteiger partial charge on any atom is 0.195 e. The maximum absolute atomic E-state index is 12.0. The molecule has 0 fully saturated rings. The number of hydrogen-bond acceptors (Lipinski definition) is 2. The van der Waals surface area contributed by atoms with Gasteiger partial charge < -0.3 is 4.74 Å². The zero-order valence-corrected chi connectivity index (χ0v) is 9.64. The molecule has 0 unspecified atom stereocenters. The topological polar surface area (TPSA) is 26.3 Å². The van der Waals surface area contributed by atoms with Crippen LogP contribution in [-0.4, -0.2) is 0 Å². The second-order valence-electron chi connectivity index (χ2n) is 4.52. The lowest BCUT2D eigenvalue weighted by atomic mass is 10.0. The lowest BCUT2D eigenvalue weighted by Crippen LogP contribution is -1.99. The Morgan fingerprint density at radius 2 is 1.50 bits per heavy atom. The molecule has 0 bridgehead atoms. The van der Waals surface area contributed by atoms with Crippen molar-refractivity contribution in [3.63, 3.8) is 0 Å². The second-order valence-corrected chi connectivity index (χ2v) is 4.52. The summed E-state index contributed by atoms with van der Waals surface area (Å²) in [5.74, 6) is 0.797. The summed E-state index contributed by atoms with van der Waals surface area (Å²) in [5.41, 5.74) is 4.85. The molecule has 2 heteroatoms. The molecule has 0 spiro atoms. The normalized spacial score (nSPS) is 12.9. The van der Waals surface area contributed by atoms with Gasteiger partial charge >= 0.3 is 0 Å². The van der Waals surface area contributed by atoms with Gasteiger partial charge in [0.2, 0.25) is 0 Å². The first-order valence-electron chi connectivity index (χ1n) is 5.96. The zero-order chi connectivity index (χ0) is 12.1. The van der Waals surface area contributed by atoms with Crippen LogP contribution in [0.5, 0.6) is 5.75 Å². The summed E-state index contributed by atoms with van der Waals surface area (Å²) in [6, 6.07) is 15.7. The van der Waals surface area contributed by atoms with Gasteiger partial charge in [0.1, 0.15) is 12.4 Å². The maximum atomic E-state index is 12.0. The van der Waals surface area contributed by atoms with Gasteiger partial charge in [0.05, 0.1) is 0 Å². The molecular formula is C16H10O2. The summed E-state index contributed by atoms with van der Waals surface area (Å²) in [6.45, 7) is 0.511. The average molecular weight is 234 g/mol. The highest BCUT2D eigenvalue weighted by molar-refractivity contribution is 5.97. The fourth-order valence-corrected chi connectivity index (χ4v) is 2.53. The lowest BCUT2D eigenvalue weighted by Gasteiger charge is -2.13. The van der Waals surface area contributed by atoms with Gasteiger partial charge in [-0.05, 0) is 17.2 Å². The van der Waals surface area contributed by atoms with Crippen molar-refractivity contribution >= 4 is 0 Å². The van der Waals surface area contributed by atoms with Crippen LogP contribution in [0.1, 0.15) is 5.56 Å². The molecular weight excluding hydrogens is 224 g/mol. The first-order valence-corrected chi connectivity index (χ1v) is 5.96. The largest absolute Gasteiger partial charge is 0.488 e. The quantitative estimate of drug-likeness (QED) is 0.597. The van der Waals surface area contributed by atoms with E-state index in [4.69, 9.17) is 4.74 Å². The molecule has 2 nitrogen and oxygen atoms in total. The summed E-state index contributed by atoms with van der Waals surface area (Å²) in [6.07, 6.45) is 0. The molecule has 0 radical (unpaired) electrons. The van der Waals surface area contributed by atoms with Crippen molar-refractivity contribution in [3.8, 4) is 28.0 Å². The van der Waals surface area contributed by atoms with Gasteiger partial charge in [-0.25, -0.2) is 0 Å². The SMILES string of the molecule is O=c1c2c1-c1ccccc1OCc1ccccc1-2. The van der Waals surface area contributed by atoms with Crippen molar-refractivity contribution in [3.05, 3.63) is 64.3 Å². The molecule has 0 aliphatic carbocycles. The predicted molar refractivity (Wildman–Crippen MR) is 70.3 cm³/mol. The molecule has 1 heterocycles. The highest BCUT2D eigenvalue weighted by Gasteiger charge is 2.30. The van der Waals surface area contributed by atoms with E-state index in [0.717, 1.165) is 33.6 Å². The third kappa shape index (κ3) is 1.20. The molecule has 0 saturated carbocycles. The minimum atomic E-state index is 0.153. The van der Waals surface area contributed by atoms with Gasteiger partial charge in [-0.2, -0.15) is 0 Å². The fraction of sp³-hybridized carbons (Fsp3) is 0.0625. The molecule has 3 aromatic rings. The molecule has 0 saturated heterocycles. The molecule has 86 valence electrons. The number of fused-ring (bicyclic) bond motifs is 5. The van der Waals surface area contributed by atoms with Crippen molar-refractivity contribution in [2.45, 2.75) is 6.61 Å². The van der Waals surface area contributed by atoms with Crippen LogP contribution in [0, 0.1) is 0 Å². The van der Waals surface area contributed by atoms with Crippen LogP contribution >= 0.6 is 0 Å². The third-order valence-electron chi connectivity index (χ3n) is 3.47. The Hall–Kier alpha value is -2.35. The van der Waals surface area contributed by atoms with Gasteiger partial charge in [-0.3, -0.25) is 4.79 Å². The van der Waals surface area contributed by atoms with Crippen molar-refractivity contribution in [2.75, 3.05) is 0 Å². The molecule has 4 rings (SSSR count). The lowest BCUT2D eigenvalue weighted by molar-refractivity contribution is 0.308. The monoisotopic (exact) mass is 234 g/mol. The average Bonchev–Trinajstić information content (AvgIpc) is 3.05. The summed E-state index contributed by atoms with van der Waals surface area (Å²) < 4.78 is 5.81. The van der Waals surface area contributed by atoms with Gasteiger partial charge in [-0.15, -0.1) is 0 Å². The molecule has 0 amide bonds. The first-order chi connectivity index (χ1) is 8.86. The van der Waals surface area contributed by atoms with Gasteiger partial charge in [0.15, 0.2) is 5.43 Å². The highest BCUT2D eigenvalue weighted by atomic mass is 16.5. The number of benzene rings is 2. The van der Waals surface area contributed by atoms with Crippen LogP contribution in [-0.2, 0) is 6.61 Å². The van der Waals surface area contributed by atoms with Gasteiger partial charge in [-0.1, -0.05) is 42.5 Å². The van der Waals surface area contributed by atoms with Crippen LogP contribution < -0.4 is 10.2 Å².